The zero-order valence-electron chi connectivity index (χ0n) is 6.92. The Balaban J connectivity index is 2.37. The number of benzene rings is 1. The van der Waals surface area contributed by atoms with E-state index in [1.54, 1.807) is 24.3 Å². The lowest BCUT2D eigenvalue weighted by Gasteiger charge is -1.90. The standard InChI is InChI=1S/C8H10O4P/c9-6-7-11-13(10)12-8-4-2-1-3-5-8/h1-5,9H,6-7H2/q+1. The van der Waals surface area contributed by atoms with Crippen LogP contribution in [0.4, 0.5) is 0 Å². The van der Waals surface area contributed by atoms with E-state index in [0.29, 0.717) is 5.75 Å². The SMILES string of the molecule is O=[P+](OCCO)Oc1ccccc1. The van der Waals surface area contributed by atoms with Crippen molar-refractivity contribution in [2.75, 3.05) is 13.2 Å². The third-order valence-corrected chi connectivity index (χ3v) is 1.96. The van der Waals surface area contributed by atoms with Crippen molar-refractivity contribution in [2.24, 2.45) is 0 Å². The molecule has 0 aliphatic rings. The van der Waals surface area contributed by atoms with Crippen LogP contribution < -0.4 is 4.52 Å². The largest absolute Gasteiger partial charge is 0.750 e. The van der Waals surface area contributed by atoms with Crippen LogP contribution in [0, 0.1) is 0 Å². The predicted molar refractivity (Wildman–Crippen MR) is 47.7 cm³/mol. The summed E-state index contributed by atoms with van der Waals surface area (Å²) < 4.78 is 20.5. The van der Waals surface area contributed by atoms with E-state index < -0.39 is 8.25 Å². The van der Waals surface area contributed by atoms with Gasteiger partial charge in [-0.15, -0.1) is 4.52 Å². The van der Waals surface area contributed by atoms with Gasteiger partial charge in [-0.05, 0) is 12.1 Å². The first-order chi connectivity index (χ1) is 6.33. The Morgan fingerprint density at radius 1 is 1.31 bits per heavy atom. The molecule has 4 nitrogen and oxygen atoms in total. The Hall–Kier alpha value is -0.960. The molecular weight excluding hydrogens is 191 g/mol. The highest BCUT2D eigenvalue weighted by Crippen LogP contribution is 2.26. The molecular formula is C8H10O4P+. The van der Waals surface area contributed by atoms with Crippen molar-refractivity contribution in [3.8, 4) is 5.75 Å². The molecule has 0 amide bonds. The van der Waals surface area contributed by atoms with Gasteiger partial charge in [0.2, 0.25) is 0 Å². The van der Waals surface area contributed by atoms with Gasteiger partial charge in [0, 0.05) is 4.57 Å². The fourth-order valence-electron chi connectivity index (χ4n) is 0.709. The Morgan fingerprint density at radius 3 is 2.62 bits per heavy atom. The van der Waals surface area contributed by atoms with Crippen LogP contribution >= 0.6 is 8.25 Å². The van der Waals surface area contributed by atoms with Crippen molar-refractivity contribution in [3.63, 3.8) is 0 Å². The summed E-state index contributed by atoms with van der Waals surface area (Å²) in [5.74, 6) is 0.488. The summed E-state index contributed by atoms with van der Waals surface area (Å²) in [4.78, 5) is 0. The molecule has 0 fully saturated rings. The van der Waals surface area contributed by atoms with Gasteiger partial charge >= 0.3 is 8.25 Å². The van der Waals surface area contributed by atoms with E-state index in [1.807, 2.05) is 6.07 Å². The summed E-state index contributed by atoms with van der Waals surface area (Å²) in [6, 6.07) is 8.72. The molecule has 1 rings (SSSR count). The second-order valence-electron chi connectivity index (χ2n) is 2.18. The number of para-hydroxylation sites is 1. The topological polar surface area (TPSA) is 55.8 Å². The molecule has 1 aromatic rings. The van der Waals surface area contributed by atoms with Crippen LogP contribution in [-0.2, 0) is 9.09 Å². The summed E-state index contributed by atoms with van der Waals surface area (Å²) in [6.45, 7) is -0.152. The molecule has 0 radical (unpaired) electrons. The summed E-state index contributed by atoms with van der Waals surface area (Å²) in [5, 5.41) is 8.37. The number of hydrogen-bond acceptors (Lipinski definition) is 4. The Kier molecular flexibility index (Phi) is 4.40. The van der Waals surface area contributed by atoms with E-state index >= 15 is 0 Å². The van der Waals surface area contributed by atoms with Crippen molar-refractivity contribution in [3.05, 3.63) is 30.3 Å². The molecule has 0 aliphatic carbocycles. The maximum atomic E-state index is 11.0. The van der Waals surface area contributed by atoms with Crippen LogP contribution in [0.15, 0.2) is 30.3 Å². The smallest absolute Gasteiger partial charge is 0.394 e. The zero-order chi connectivity index (χ0) is 9.52. The van der Waals surface area contributed by atoms with Crippen molar-refractivity contribution < 1.29 is 18.7 Å². The zero-order valence-corrected chi connectivity index (χ0v) is 7.81. The van der Waals surface area contributed by atoms with Crippen molar-refractivity contribution in [2.45, 2.75) is 0 Å². The van der Waals surface area contributed by atoms with Gasteiger partial charge in [-0.25, -0.2) is 4.52 Å². The van der Waals surface area contributed by atoms with Crippen LogP contribution in [0.25, 0.3) is 0 Å². The maximum Gasteiger partial charge on any atom is 0.750 e. The molecule has 0 aromatic heterocycles. The summed E-state index contributed by atoms with van der Waals surface area (Å²) in [5.41, 5.74) is 0. The second kappa shape index (κ2) is 5.65. The molecule has 0 saturated heterocycles. The van der Waals surface area contributed by atoms with Gasteiger partial charge in [0.25, 0.3) is 0 Å². The molecule has 0 bridgehead atoms. The first kappa shape index (κ1) is 10.1. The fourth-order valence-corrected chi connectivity index (χ4v) is 1.29. The highest BCUT2D eigenvalue weighted by molar-refractivity contribution is 7.33. The molecule has 0 heterocycles. The number of aliphatic hydroxyl groups is 1. The van der Waals surface area contributed by atoms with E-state index in [0.717, 1.165) is 0 Å². The number of hydrogen-bond donors (Lipinski definition) is 1. The van der Waals surface area contributed by atoms with E-state index in [2.05, 4.69) is 4.52 Å². The average molecular weight is 201 g/mol. The fraction of sp³-hybridized carbons (Fsp3) is 0.250. The van der Waals surface area contributed by atoms with E-state index in [4.69, 9.17) is 9.63 Å². The Bertz CT molecular complexity index is 262. The molecule has 13 heavy (non-hydrogen) atoms. The molecule has 70 valence electrons. The molecule has 0 saturated carbocycles. The summed E-state index contributed by atoms with van der Waals surface area (Å²) in [7, 11) is -2.17. The van der Waals surface area contributed by atoms with Crippen LogP contribution in [0.2, 0.25) is 0 Å². The molecule has 1 N–H and O–H groups in total. The minimum Gasteiger partial charge on any atom is -0.394 e. The van der Waals surface area contributed by atoms with Gasteiger partial charge in [-0.1, -0.05) is 18.2 Å². The highest BCUT2D eigenvalue weighted by Gasteiger charge is 2.20. The number of aliphatic hydroxyl groups excluding tert-OH is 1. The highest BCUT2D eigenvalue weighted by atomic mass is 31.1. The maximum absolute atomic E-state index is 11.0. The molecule has 1 atom stereocenters. The van der Waals surface area contributed by atoms with Crippen molar-refractivity contribution in [1.29, 1.82) is 0 Å². The van der Waals surface area contributed by atoms with Gasteiger partial charge < -0.3 is 5.11 Å². The van der Waals surface area contributed by atoms with E-state index in [9.17, 15) is 4.57 Å². The summed E-state index contributed by atoms with van der Waals surface area (Å²) in [6.07, 6.45) is 0. The molecule has 5 heteroatoms. The number of rotatable bonds is 5. The third kappa shape index (κ3) is 3.99. The van der Waals surface area contributed by atoms with Gasteiger partial charge in [0.05, 0.1) is 6.61 Å². The average Bonchev–Trinajstić information content (AvgIpc) is 2.16. The predicted octanol–water partition coefficient (Wildman–Crippen LogP) is 1.73. The third-order valence-electron chi connectivity index (χ3n) is 1.21. The van der Waals surface area contributed by atoms with Crippen LogP contribution in [-0.4, -0.2) is 18.3 Å². The van der Waals surface area contributed by atoms with Gasteiger partial charge in [0.15, 0.2) is 5.75 Å². The quantitative estimate of drug-likeness (QED) is 0.737. The van der Waals surface area contributed by atoms with Gasteiger partial charge in [-0.3, -0.25) is 0 Å². The molecule has 1 unspecified atom stereocenters. The second-order valence-corrected chi connectivity index (χ2v) is 3.07. The van der Waals surface area contributed by atoms with Gasteiger partial charge in [0.1, 0.15) is 6.61 Å². The lowest BCUT2D eigenvalue weighted by molar-refractivity contribution is 0.195. The van der Waals surface area contributed by atoms with Crippen LogP contribution in [0.1, 0.15) is 0 Å². The lowest BCUT2D eigenvalue weighted by atomic mass is 10.3. The molecule has 1 aromatic carbocycles. The molecule has 0 spiro atoms. The van der Waals surface area contributed by atoms with Crippen LogP contribution in [0.5, 0.6) is 5.75 Å². The first-order valence-corrected chi connectivity index (χ1v) is 4.86. The Morgan fingerprint density at radius 2 is 2.00 bits per heavy atom. The lowest BCUT2D eigenvalue weighted by Crippen LogP contribution is -1.94. The Labute approximate surface area is 77.1 Å². The normalized spacial score (nSPS) is 11.0. The van der Waals surface area contributed by atoms with Gasteiger partial charge in [-0.2, -0.15) is 0 Å². The van der Waals surface area contributed by atoms with E-state index in [-0.39, 0.29) is 13.2 Å². The first-order valence-electron chi connectivity index (χ1n) is 3.77. The minimum atomic E-state index is -2.17. The van der Waals surface area contributed by atoms with Crippen molar-refractivity contribution in [1.82, 2.24) is 0 Å². The molecule has 0 aliphatic heterocycles. The monoisotopic (exact) mass is 201 g/mol. The van der Waals surface area contributed by atoms with Crippen molar-refractivity contribution >= 4 is 8.25 Å². The minimum absolute atomic E-state index is 0.0159. The van der Waals surface area contributed by atoms with Crippen LogP contribution in [0.3, 0.4) is 0 Å². The van der Waals surface area contributed by atoms with E-state index in [1.165, 1.54) is 0 Å². The summed E-state index contributed by atoms with van der Waals surface area (Å²) >= 11 is 0.